The fraction of sp³-hybridized carbons (Fsp3) is 0.333. The standard InChI is InChI=1S/C24H28N2O7/c1-16(2)22(26-24(31)33-14-18-6-4-3-5-7-18)23(30)25-19(13-27)12-17-8-10-20(11-9-17)32-15-21(28)29/h3-11,13,16,19,22H,12,14-15H2,1-2H3,(H,25,30)(H,26,31)(H,28,29). The number of aliphatic carboxylic acids is 1. The zero-order chi connectivity index (χ0) is 24.2. The Morgan fingerprint density at radius 1 is 0.970 bits per heavy atom. The molecule has 9 nitrogen and oxygen atoms in total. The smallest absolute Gasteiger partial charge is 0.408 e. The number of benzene rings is 2. The molecule has 0 radical (unpaired) electrons. The second-order valence-electron chi connectivity index (χ2n) is 7.71. The number of ether oxygens (including phenoxy) is 2. The van der Waals surface area contributed by atoms with Gasteiger partial charge in [-0.2, -0.15) is 0 Å². The van der Waals surface area contributed by atoms with Crippen molar-refractivity contribution >= 4 is 24.3 Å². The van der Waals surface area contributed by atoms with E-state index in [9.17, 15) is 19.2 Å². The summed E-state index contributed by atoms with van der Waals surface area (Å²) in [6.45, 7) is 3.16. The molecule has 0 aliphatic rings. The molecule has 0 spiro atoms. The number of carboxylic acids is 1. The first-order valence-electron chi connectivity index (χ1n) is 10.4. The van der Waals surface area contributed by atoms with Crippen molar-refractivity contribution < 1.29 is 33.8 Å². The van der Waals surface area contributed by atoms with E-state index in [1.54, 1.807) is 38.1 Å². The van der Waals surface area contributed by atoms with Crippen LogP contribution >= 0.6 is 0 Å². The summed E-state index contributed by atoms with van der Waals surface area (Å²) in [6.07, 6.45) is 0.113. The molecule has 9 heteroatoms. The topological polar surface area (TPSA) is 131 Å². The lowest BCUT2D eigenvalue weighted by Crippen LogP contribution is -2.52. The summed E-state index contributed by atoms with van der Waals surface area (Å²) >= 11 is 0. The van der Waals surface area contributed by atoms with Crippen molar-refractivity contribution in [2.24, 2.45) is 5.92 Å². The second kappa shape index (κ2) is 12.8. The molecule has 2 unspecified atom stereocenters. The number of carbonyl (C=O) groups is 4. The van der Waals surface area contributed by atoms with Crippen molar-refractivity contribution in [1.29, 1.82) is 0 Å². The highest BCUT2D eigenvalue weighted by Gasteiger charge is 2.26. The van der Waals surface area contributed by atoms with Gasteiger partial charge in [-0.1, -0.05) is 56.3 Å². The Morgan fingerprint density at radius 3 is 2.21 bits per heavy atom. The molecule has 176 valence electrons. The molecule has 0 heterocycles. The summed E-state index contributed by atoms with van der Waals surface area (Å²) in [5.74, 6) is -1.45. The van der Waals surface area contributed by atoms with Crippen LogP contribution in [-0.4, -0.2) is 48.1 Å². The van der Waals surface area contributed by atoms with Crippen molar-refractivity contribution in [2.45, 2.75) is 39.0 Å². The highest BCUT2D eigenvalue weighted by molar-refractivity contribution is 5.87. The zero-order valence-electron chi connectivity index (χ0n) is 18.5. The second-order valence-corrected chi connectivity index (χ2v) is 7.71. The molecule has 2 aromatic rings. The minimum absolute atomic E-state index is 0.0717. The molecule has 0 bridgehead atoms. The van der Waals surface area contributed by atoms with E-state index in [0.717, 1.165) is 11.1 Å². The number of rotatable bonds is 12. The maximum absolute atomic E-state index is 12.7. The molecule has 2 amide bonds. The van der Waals surface area contributed by atoms with Gasteiger partial charge in [0.2, 0.25) is 5.91 Å². The highest BCUT2D eigenvalue weighted by Crippen LogP contribution is 2.13. The van der Waals surface area contributed by atoms with Crippen molar-refractivity contribution in [3.05, 3.63) is 65.7 Å². The fourth-order valence-corrected chi connectivity index (χ4v) is 2.95. The van der Waals surface area contributed by atoms with Crippen LogP contribution in [0.15, 0.2) is 54.6 Å². The van der Waals surface area contributed by atoms with E-state index in [1.165, 1.54) is 0 Å². The SMILES string of the molecule is CC(C)C(NC(=O)OCc1ccccc1)C(=O)NC(C=O)Cc1ccc(OCC(=O)O)cc1. The van der Waals surface area contributed by atoms with Gasteiger partial charge in [0.1, 0.15) is 24.7 Å². The minimum atomic E-state index is -1.08. The summed E-state index contributed by atoms with van der Waals surface area (Å²) in [6, 6.07) is 14.0. The molecule has 2 atom stereocenters. The van der Waals surface area contributed by atoms with E-state index in [2.05, 4.69) is 10.6 Å². The number of carbonyl (C=O) groups excluding carboxylic acids is 3. The molecular weight excluding hydrogens is 428 g/mol. The van der Waals surface area contributed by atoms with Gasteiger partial charge in [0.05, 0.1) is 6.04 Å². The lowest BCUT2D eigenvalue weighted by atomic mass is 10.0. The Morgan fingerprint density at radius 2 is 1.64 bits per heavy atom. The number of hydrogen-bond acceptors (Lipinski definition) is 6. The molecule has 0 aliphatic heterocycles. The molecule has 3 N–H and O–H groups in total. The normalized spacial score (nSPS) is 12.3. The molecule has 0 saturated heterocycles. The van der Waals surface area contributed by atoms with Crippen LogP contribution < -0.4 is 15.4 Å². The average molecular weight is 456 g/mol. The van der Waals surface area contributed by atoms with Crippen LogP contribution in [-0.2, 0) is 32.1 Å². The number of hydrogen-bond donors (Lipinski definition) is 3. The summed E-state index contributed by atoms with van der Waals surface area (Å²) in [5.41, 5.74) is 1.56. The quantitative estimate of drug-likeness (QED) is 0.418. The maximum Gasteiger partial charge on any atom is 0.408 e. The van der Waals surface area contributed by atoms with E-state index in [4.69, 9.17) is 14.6 Å². The molecule has 2 aromatic carbocycles. The summed E-state index contributed by atoms with van der Waals surface area (Å²) in [5, 5.41) is 13.8. The molecular formula is C24H28N2O7. The monoisotopic (exact) mass is 456 g/mol. The van der Waals surface area contributed by atoms with Gasteiger partial charge in [-0.25, -0.2) is 9.59 Å². The van der Waals surface area contributed by atoms with E-state index >= 15 is 0 Å². The van der Waals surface area contributed by atoms with Crippen molar-refractivity contribution in [3.8, 4) is 5.75 Å². The van der Waals surface area contributed by atoms with E-state index in [0.29, 0.717) is 12.0 Å². The average Bonchev–Trinajstić information content (AvgIpc) is 2.80. The van der Waals surface area contributed by atoms with Crippen LogP contribution in [0.25, 0.3) is 0 Å². The largest absolute Gasteiger partial charge is 0.482 e. The predicted octanol–water partition coefficient (Wildman–Crippen LogP) is 2.33. The first-order chi connectivity index (χ1) is 15.8. The number of aldehydes is 1. The van der Waals surface area contributed by atoms with Gasteiger partial charge < -0.3 is 30.0 Å². The molecule has 2 rings (SSSR count). The maximum atomic E-state index is 12.7. The third kappa shape index (κ3) is 9.02. The number of carboxylic acid groups (broad SMARTS) is 1. The minimum Gasteiger partial charge on any atom is -0.482 e. The Bertz CT molecular complexity index is 930. The summed E-state index contributed by atoms with van der Waals surface area (Å²) < 4.78 is 10.3. The Hall–Kier alpha value is -3.88. The first-order valence-corrected chi connectivity index (χ1v) is 10.4. The predicted molar refractivity (Wildman–Crippen MR) is 120 cm³/mol. The van der Waals surface area contributed by atoms with Gasteiger partial charge in [-0.15, -0.1) is 0 Å². The molecule has 0 aromatic heterocycles. The van der Waals surface area contributed by atoms with Crippen LogP contribution in [0.2, 0.25) is 0 Å². The summed E-state index contributed by atoms with van der Waals surface area (Å²) in [4.78, 5) is 47.0. The van der Waals surface area contributed by atoms with Gasteiger partial charge in [-0.3, -0.25) is 4.79 Å². The molecule has 0 aliphatic carbocycles. The van der Waals surface area contributed by atoms with E-state index < -0.39 is 36.7 Å². The Balaban J connectivity index is 1.90. The number of nitrogens with one attached hydrogen (secondary N) is 2. The first kappa shape index (κ1) is 25.4. The number of alkyl carbamates (subject to hydrolysis) is 1. The van der Waals surface area contributed by atoms with E-state index in [1.807, 2.05) is 30.3 Å². The van der Waals surface area contributed by atoms with Gasteiger partial charge in [0.25, 0.3) is 0 Å². The lowest BCUT2D eigenvalue weighted by Gasteiger charge is -2.23. The van der Waals surface area contributed by atoms with Gasteiger partial charge in [0, 0.05) is 0 Å². The van der Waals surface area contributed by atoms with Crippen LogP contribution in [0.4, 0.5) is 4.79 Å². The summed E-state index contributed by atoms with van der Waals surface area (Å²) in [7, 11) is 0. The van der Waals surface area contributed by atoms with Gasteiger partial charge >= 0.3 is 12.1 Å². The fourth-order valence-electron chi connectivity index (χ4n) is 2.95. The third-order valence-electron chi connectivity index (χ3n) is 4.67. The van der Waals surface area contributed by atoms with Crippen LogP contribution in [0.3, 0.4) is 0 Å². The Kier molecular flexibility index (Phi) is 9.88. The Labute approximate surface area is 192 Å². The van der Waals surface area contributed by atoms with Crippen molar-refractivity contribution in [2.75, 3.05) is 6.61 Å². The van der Waals surface area contributed by atoms with Crippen LogP contribution in [0.5, 0.6) is 5.75 Å². The highest BCUT2D eigenvalue weighted by atomic mass is 16.5. The van der Waals surface area contributed by atoms with Crippen LogP contribution in [0.1, 0.15) is 25.0 Å². The molecule has 33 heavy (non-hydrogen) atoms. The van der Waals surface area contributed by atoms with E-state index in [-0.39, 0.29) is 18.9 Å². The van der Waals surface area contributed by atoms with Gasteiger partial charge in [-0.05, 0) is 35.6 Å². The molecule has 0 saturated carbocycles. The van der Waals surface area contributed by atoms with Crippen LogP contribution in [0, 0.1) is 5.92 Å². The van der Waals surface area contributed by atoms with Crippen molar-refractivity contribution in [3.63, 3.8) is 0 Å². The van der Waals surface area contributed by atoms with Gasteiger partial charge in [0.15, 0.2) is 6.61 Å². The zero-order valence-corrected chi connectivity index (χ0v) is 18.5. The molecule has 0 fully saturated rings. The van der Waals surface area contributed by atoms with Crippen molar-refractivity contribution in [1.82, 2.24) is 10.6 Å². The lowest BCUT2D eigenvalue weighted by molar-refractivity contribution is -0.139. The third-order valence-corrected chi connectivity index (χ3v) is 4.67. The number of amides is 2.